The topological polar surface area (TPSA) is 73.5 Å². The molecule has 2 N–H and O–H groups in total. The number of anilines is 2. The van der Waals surface area contributed by atoms with Gasteiger partial charge < -0.3 is 20.1 Å². The van der Waals surface area contributed by atoms with Crippen LogP contribution in [-0.2, 0) is 19.3 Å². The number of ether oxygens (including phenoxy) is 2. The molecule has 1 atom stereocenters. The number of aryl methyl sites for hydroxylation is 1. The SMILES string of the molecule is COc1ccc(CC2CCN(c3nc(N)nc4c3CCC4)C2)cc1OC. The average Bonchev–Trinajstić information content (AvgIpc) is 3.30. The zero-order chi connectivity index (χ0) is 18.1. The Morgan fingerprint density at radius 2 is 2.00 bits per heavy atom. The van der Waals surface area contributed by atoms with Crippen molar-refractivity contribution >= 4 is 11.8 Å². The van der Waals surface area contributed by atoms with Gasteiger partial charge in [-0.05, 0) is 55.7 Å². The largest absolute Gasteiger partial charge is 0.493 e. The lowest BCUT2D eigenvalue weighted by Crippen LogP contribution is -2.23. The summed E-state index contributed by atoms with van der Waals surface area (Å²) in [4.78, 5) is 11.4. The number of hydrogen-bond donors (Lipinski definition) is 1. The first-order valence-electron chi connectivity index (χ1n) is 9.29. The van der Waals surface area contributed by atoms with Gasteiger partial charge in [0.05, 0.1) is 19.9 Å². The monoisotopic (exact) mass is 354 g/mol. The molecule has 0 amide bonds. The molecule has 1 fully saturated rings. The Hall–Kier alpha value is -2.50. The third-order valence-corrected chi connectivity index (χ3v) is 5.49. The molecule has 26 heavy (non-hydrogen) atoms. The van der Waals surface area contributed by atoms with Crippen LogP contribution < -0.4 is 20.1 Å². The van der Waals surface area contributed by atoms with Gasteiger partial charge in [0.1, 0.15) is 5.82 Å². The van der Waals surface area contributed by atoms with Crippen molar-refractivity contribution in [1.29, 1.82) is 0 Å². The van der Waals surface area contributed by atoms with Gasteiger partial charge in [-0.15, -0.1) is 0 Å². The molecule has 4 rings (SSSR count). The summed E-state index contributed by atoms with van der Waals surface area (Å²) in [6.45, 7) is 2.04. The highest BCUT2D eigenvalue weighted by molar-refractivity contribution is 5.54. The third-order valence-electron chi connectivity index (χ3n) is 5.49. The van der Waals surface area contributed by atoms with Crippen LogP contribution in [-0.4, -0.2) is 37.3 Å². The highest BCUT2D eigenvalue weighted by Crippen LogP contribution is 2.34. The predicted octanol–water partition coefficient (Wildman–Crippen LogP) is 2.63. The number of aromatic nitrogens is 2. The van der Waals surface area contributed by atoms with Gasteiger partial charge >= 0.3 is 0 Å². The predicted molar refractivity (Wildman–Crippen MR) is 102 cm³/mol. The lowest BCUT2D eigenvalue weighted by Gasteiger charge is -2.21. The van der Waals surface area contributed by atoms with Gasteiger partial charge in [0.15, 0.2) is 11.5 Å². The molecule has 1 aromatic heterocycles. The number of fused-ring (bicyclic) bond motifs is 1. The van der Waals surface area contributed by atoms with E-state index in [0.717, 1.165) is 68.2 Å². The van der Waals surface area contributed by atoms with Gasteiger partial charge in [-0.1, -0.05) is 6.07 Å². The average molecular weight is 354 g/mol. The molecule has 0 radical (unpaired) electrons. The molecule has 1 aliphatic heterocycles. The number of nitrogens with zero attached hydrogens (tertiary/aromatic N) is 3. The molecule has 1 aromatic carbocycles. The first-order chi connectivity index (χ1) is 12.7. The number of nitrogens with two attached hydrogens (primary N) is 1. The lowest BCUT2D eigenvalue weighted by atomic mass is 9.98. The molecule has 1 unspecified atom stereocenters. The van der Waals surface area contributed by atoms with Gasteiger partial charge in [-0.25, -0.2) is 4.98 Å². The van der Waals surface area contributed by atoms with Crippen LogP contribution in [0.25, 0.3) is 0 Å². The van der Waals surface area contributed by atoms with Crippen molar-refractivity contribution in [3.8, 4) is 11.5 Å². The van der Waals surface area contributed by atoms with E-state index in [9.17, 15) is 0 Å². The fraction of sp³-hybridized carbons (Fsp3) is 0.500. The minimum absolute atomic E-state index is 0.406. The molecule has 0 bridgehead atoms. The van der Waals surface area contributed by atoms with Crippen LogP contribution in [0.4, 0.5) is 11.8 Å². The van der Waals surface area contributed by atoms with Crippen molar-refractivity contribution in [2.24, 2.45) is 5.92 Å². The molecule has 2 heterocycles. The van der Waals surface area contributed by atoms with Crippen molar-refractivity contribution in [2.45, 2.75) is 32.1 Å². The molecular formula is C20H26N4O2. The van der Waals surface area contributed by atoms with E-state index in [2.05, 4.69) is 27.0 Å². The summed E-state index contributed by atoms with van der Waals surface area (Å²) in [5.74, 6) is 3.64. The van der Waals surface area contributed by atoms with E-state index in [1.165, 1.54) is 11.1 Å². The Morgan fingerprint density at radius 3 is 2.81 bits per heavy atom. The number of nitrogen functional groups attached to an aromatic ring is 1. The van der Waals surface area contributed by atoms with Crippen molar-refractivity contribution in [3.63, 3.8) is 0 Å². The smallest absolute Gasteiger partial charge is 0.222 e. The molecule has 0 saturated carbocycles. The van der Waals surface area contributed by atoms with E-state index in [0.29, 0.717) is 11.9 Å². The molecule has 0 spiro atoms. The van der Waals surface area contributed by atoms with E-state index >= 15 is 0 Å². The van der Waals surface area contributed by atoms with Crippen molar-refractivity contribution < 1.29 is 9.47 Å². The van der Waals surface area contributed by atoms with E-state index in [-0.39, 0.29) is 0 Å². The number of methoxy groups -OCH3 is 2. The van der Waals surface area contributed by atoms with Crippen molar-refractivity contribution in [3.05, 3.63) is 35.0 Å². The number of rotatable bonds is 5. The van der Waals surface area contributed by atoms with Gasteiger partial charge in [0.2, 0.25) is 5.95 Å². The Kier molecular flexibility index (Phi) is 4.57. The first-order valence-corrected chi connectivity index (χ1v) is 9.29. The molecule has 1 aliphatic carbocycles. The van der Waals surface area contributed by atoms with E-state index < -0.39 is 0 Å². The maximum atomic E-state index is 5.94. The van der Waals surface area contributed by atoms with Gasteiger partial charge in [0, 0.05) is 18.7 Å². The standard InChI is InChI=1S/C20H26N4O2/c1-25-17-7-6-13(11-18(17)26-2)10-14-8-9-24(12-14)19-15-4-3-5-16(15)22-20(21)23-19/h6-7,11,14H,3-5,8-10,12H2,1-2H3,(H2,21,22,23). The summed E-state index contributed by atoms with van der Waals surface area (Å²) >= 11 is 0. The molecule has 6 heteroatoms. The summed E-state index contributed by atoms with van der Waals surface area (Å²) in [7, 11) is 3.34. The highest BCUT2D eigenvalue weighted by atomic mass is 16.5. The summed E-state index contributed by atoms with van der Waals surface area (Å²) in [6, 6.07) is 6.20. The fourth-order valence-electron chi connectivity index (χ4n) is 4.23. The second kappa shape index (κ2) is 7.02. The van der Waals surface area contributed by atoms with Gasteiger partial charge in [0.25, 0.3) is 0 Å². The Morgan fingerprint density at radius 1 is 1.15 bits per heavy atom. The summed E-state index contributed by atoms with van der Waals surface area (Å²) in [5, 5.41) is 0. The molecule has 138 valence electrons. The summed E-state index contributed by atoms with van der Waals surface area (Å²) in [5.41, 5.74) is 9.68. The van der Waals surface area contributed by atoms with Crippen LogP contribution in [0.5, 0.6) is 11.5 Å². The quantitative estimate of drug-likeness (QED) is 0.890. The highest BCUT2D eigenvalue weighted by Gasteiger charge is 2.28. The Bertz CT molecular complexity index is 809. The maximum Gasteiger partial charge on any atom is 0.222 e. The first kappa shape index (κ1) is 16.9. The number of benzene rings is 1. The molecule has 6 nitrogen and oxygen atoms in total. The van der Waals surface area contributed by atoms with Gasteiger partial charge in [-0.2, -0.15) is 4.98 Å². The van der Waals surface area contributed by atoms with Crippen LogP contribution in [0.1, 0.15) is 29.7 Å². The normalized spacial score (nSPS) is 18.8. The van der Waals surface area contributed by atoms with Crippen LogP contribution in [0.2, 0.25) is 0 Å². The minimum atomic E-state index is 0.406. The molecular weight excluding hydrogens is 328 g/mol. The second-order valence-corrected chi connectivity index (χ2v) is 7.18. The Labute approximate surface area is 154 Å². The zero-order valence-electron chi connectivity index (χ0n) is 15.5. The van der Waals surface area contributed by atoms with E-state index in [1.54, 1.807) is 14.2 Å². The van der Waals surface area contributed by atoms with Gasteiger partial charge in [-0.3, -0.25) is 0 Å². The number of hydrogen-bond acceptors (Lipinski definition) is 6. The van der Waals surface area contributed by atoms with Crippen LogP contribution in [0.15, 0.2) is 18.2 Å². The summed E-state index contributed by atoms with van der Waals surface area (Å²) < 4.78 is 10.8. The van der Waals surface area contributed by atoms with E-state index in [1.807, 2.05) is 6.07 Å². The lowest BCUT2D eigenvalue weighted by molar-refractivity contribution is 0.354. The fourth-order valence-corrected chi connectivity index (χ4v) is 4.23. The van der Waals surface area contributed by atoms with Crippen LogP contribution >= 0.6 is 0 Å². The van der Waals surface area contributed by atoms with Crippen LogP contribution in [0.3, 0.4) is 0 Å². The van der Waals surface area contributed by atoms with Crippen molar-refractivity contribution in [2.75, 3.05) is 37.9 Å². The van der Waals surface area contributed by atoms with Crippen LogP contribution in [0, 0.1) is 5.92 Å². The third kappa shape index (κ3) is 3.16. The Balaban J connectivity index is 1.48. The summed E-state index contributed by atoms with van der Waals surface area (Å²) in [6.07, 6.45) is 5.44. The molecule has 2 aliphatic rings. The molecule has 1 saturated heterocycles. The second-order valence-electron chi connectivity index (χ2n) is 7.18. The zero-order valence-corrected chi connectivity index (χ0v) is 15.5. The molecule has 2 aromatic rings. The van der Waals surface area contributed by atoms with Crippen molar-refractivity contribution in [1.82, 2.24) is 9.97 Å². The minimum Gasteiger partial charge on any atom is -0.493 e. The van der Waals surface area contributed by atoms with E-state index in [4.69, 9.17) is 15.2 Å². The maximum absolute atomic E-state index is 5.94.